The molecule has 0 atom stereocenters. The molecule has 2 aromatic carbocycles. The number of unbranched alkanes of at least 4 members (excludes halogenated alkanes) is 3. The summed E-state index contributed by atoms with van der Waals surface area (Å²) in [6.07, 6.45) is 6.83. The molecule has 0 radical (unpaired) electrons. The van der Waals surface area contributed by atoms with Crippen molar-refractivity contribution in [3.63, 3.8) is 0 Å². The van der Waals surface area contributed by atoms with Crippen LogP contribution in [0.4, 0.5) is 11.4 Å². The predicted molar refractivity (Wildman–Crippen MR) is 126 cm³/mol. The van der Waals surface area contributed by atoms with Crippen molar-refractivity contribution in [3.05, 3.63) is 57.8 Å². The summed E-state index contributed by atoms with van der Waals surface area (Å²) in [5.41, 5.74) is 3.91. The molecule has 0 fully saturated rings. The van der Waals surface area contributed by atoms with E-state index in [0.29, 0.717) is 5.75 Å². The van der Waals surface area contributed by atoms with Gasteiger partial charge < -0.3 is 15.3 Å². The lowest BCUT2D eigenvalue weighted by Crippen LogP contribution is -2.19. The van der Waals surface area contributed by atoms with E-state index in [0.717, 1.165) is 40.9 Å². The lowest BCUT2D eigenvalue weighted by Gasteiger charge is -2.18. The lowest BCUT2D eigenvalue weighted by atomic mass is 10.1. The number of fused-ring (bicyclic) bond motifs is 1. The lowest BCUT2D eigenvalue weighted by molar-refractivity contribution is 0.311. The molecule has 0 unspecified atom stereocenters. The Balaban J connectivity index is 1.73. The molecule has 0 spiro atoms. The third kappa shape index (κ3) is 5.58. The zero-order valence-corrected chi connectivity index (χ0v) is 18.7. The number of phenols is 1. The minimum Gasteiger partial charge on any atom is -0.508 e. The van der Waals surface area contributed by atoms with Crippen LogP contribution in [-0.2, 0) is 6.54 Å². The molecule has 0 saturated heterocycles. The minimum atomic E-state index is 0.347. The summed E-state index contributed by atoms with van der Waals surface area (Å²) in [6, 6.07) is 14.0. The van der Waals surface area contributed by atoms with Crippen LogP contribution < -0.4 is 5.32 Å². The number of aromatic hydroxyl groups is 1. The summed E-state index contributed by atoms with van der Waals surface area (Å²) in [7, 11) is 2.11. The van der Waals surface area contributed by atoms with Gasteiger partial charge in [0.25, 0.3) is 0 Å². The smallest absolute Gasteiger partial charge is 0.120 e. The second kappa shape index (κ2) is 10.1. The van der Waals surface area contributed by atoms with Gasteiger partial charge in [-0.25, -0.2) is 0 Å². The van der Waals surface area contributed by atoms with Crippen LogP contribution >= 0.6 is 22.6 Å². The van der Waals surface area contributed by atoms with Gasteiger partial charge in [-0.3, -0.25) is 4.98 Å². The molecule has 2 N–H and O–H groups in total. The molecule has 3 aromatic rings. The van der Waals surface area contributed by atoms with Gasteiger partial charge >= 0.3 is 0 Å². The maximum Gasteiger partial charge on any atom is 0.120 e. The zero-order chi connectivity index (χ0) is 19.9. The van der Waals surface area contributed by atoms with Crippen LogP contribution in [0.1, 0.15) is 38.2 Å². The number of nitrogens with one attached hydrogen (secondary N) is 1. The number of phenolic OH excluding ortho intramolecular Hbond substituents is 1. The molecule has 0 amide bonds. The molecule has 0 saturated carbocycles. The SMILES string of the molecule is CCCCCCN(C)Cc1cc(Nc2ccnc3cc(I)ccc23)ccc1O. The van der Waals surface area contributed by atoms with E-state index in [1.165, 1.54) is 29.3 Å². The highest BCUT2D eigenvalue weighted by molar-refractivity contribution is 14.1. The van der Waals surface area contributed by atoms with Gasteiger partial charge in [0, 0.05) is 38.6 Å². The summed E-state index contributed by atoms with van der Waals surface area (Å²) in [5.74, 6) is 0.347. The highest BCUT2D eigenvalue weighted by atomic mass is 127. The van der Waals surface area contributed by atoms with Crippen LogP contribution in [0, 0.1) is 3.57 Å². The zero-order valence-electron chi connectivity index (χ0n) is 16.6. The summed E-state index contributed by atoms with van der Waals surface area (Å²) < 4.78 is 1.17. The average molecular weight is 489 g/mol. The number of halogens is 1. The number of nitrogens with zero attached hydrogens (tertiary/aromatic N) is 2. The van der Waals surface area contributed by atoms with Crippen LogP contribution in [0.2, 0.25) is 0 Å². The van der Waals surface area contributed by atoms with Crippen LogP contribution in [0.25, 0.3) is 10.9 Å². The molecule has 1 heterocycles. The monoisotopic (exact) mass is 489 g/mol. The van der Waals surface area contributed by atoms with Crippen molar-refractivity contribution in [2.24, 2.45) is 0 Å². The van der Waals surface area contributed by atoms with Gasteiger partial charge in [-0.05, 0) is 85.1 Å². The molecule has 28 heavy (non-hydrogen) atoms. The van der Waals surface area contributed by atoms with Gasteiger partial charge in [0.05, 0.1) is 5.52 Å². The number of benzene rings is 2. The van der Waals surface area contributed by atoms with Gasteiger partial charge in [0.2, 0.25) is 0 Å². The van der Waals surface area contributed by atoms with Crippen LogP contribution in [0.5, 0.6) is 5.75 Å². The van der Waals surface area contributed by atoms with Gasteiger partial charge in [0.1, 0.15) is 5.75 Å². The van der Waals surface area contributed by atoms with E-state index in [-0.39, 0.29) is 0 Å². The highest BCUT2D eigenvalue weighted by Crippen LogP contribution is 2.29. The van der Waals surface area contributed by atoms with E-state index in [2.05, 4.69) is 70.0 Å². The maximum atomic E-state index is 10.3. The van der Waals surface area contributed by atoms with E-state index < -0.39 is 0 Å². The van der Waals surface area contributed by atoms with Crippen molar-refractivity contribution in [2.45, 2.75) is 39.2 Å². The van der Waals surface area contributed by atoms with Crippen molar-refractivity contribution in [2.75, 3.05) is 18.9 Å². The number of rotatable bonds is 9. The molecule has 148 valence electrons. The van der Waals surface area contributed by atoms with E-state index in [4.69, 9.17) is 0 Å². The molecule has 5 heteroatoms. The minimum absolute atomic E-state index is 0.347. The van der Waals surface area contributed by atoms with Gasteiger partial charge in [0.15, 0.2) is 0 Å². The summed E-state index contributed by atoms with van der Waals surface area (Å²) in [4.78, 5) is 6.74. The molecular formula is C23H28IN3O. The van der Waals surface area contributed by atoms with E-state index in [9.17, 15) is 5.11 Å². The third-order valence-electron chi connectivity index (χ3n) is 4.90. The summed E-state index contributed by atoms with van der Waals surface area (Å²) >= 11 is 2.30. The number of hydrogen-bond donors (Lipinski definition) is 2. The number of aromatic nitrogens is 1. The molecule has 0 bridgehead atoms. The first-order valence-electron chi connectivity index (χ1n) is 9.88. The first-order valence-corrected chi connectivity index (χ1v) is 11.0. The summed E-state index contributed by atoms with van der Waals surface area (Å²) in [6.45, 7) is 4.01. The van der Waals surface area contributed by atoms with Crippen molar-refractivity contribution >= 4 is 44.9 Å². The Kier molecular flexibility index (Phi) is 7.50. The molecule has 1 aromatic heterocycles. The topological polar surface area (TPSA) is 48.4 Å². The van der Waals surface area contributed by atoms with Crippen molar-refractivity contribution < 1.29 is 5.11 Å². The molecule has 0 aliphatic heterocycles. The van der Waals surface area contributed by atoms with Crippen molar-refractivity contribution in [1.29, 1.82) is 0 Å². The van der Waals surface area contributed by atoms with Crippen LogP contribution in [0.15, 0.2) is 48.7 Å². The third-order valence-corrected chi connectivity index (χ3v) is 5.57. The van der Waals surface area contributed by atoms with Crippen molar-refractivity contribution in [3.8, 4) is 5.75 Å². The standard InChI is InChI=1S/C23H28IN3O/c1-3-4-5-6-13-27(2)16-17-14-19(8-10-23(17)28)26-21-11-12-25-22-15-18(24)7-9-20(21)22/h7-12,14-15,28H,3-6,13,16H2,1-2H3,(H,25,26). The normalized spacial score (nSPS) is 11.3. The molecule has 0 aliphatic rings. The molecular weight excluding hydrogens is 461 g/mol. The second-order valence-electron chi connectivity index (χ2n) is 7.29. The molecule has 0 aliphatic carbocycles. The largest absolute Gasteiger partial charge is 0.508 e. The fourth-order valence-electron chi connectivity index (χ4n) is 3.35. The Hall–Kier alpha value is -1.86. The number of anilines is 2. The van der Waals surface area contributed by atoms with Gasteiger partial charge in [-0.2, -0.15) is 0 Å². The van der Waals surface area contributed by atoms with E-state index >= 15 is 0 Å². The fourth-order valence-corrected chi connectivity index (χ4v) is 3.83. The Morgan fingerprint density at radius 3 is 2.75 bits per heavy atom. The second-order valence-corrected chi connectivity index (χ2v) is 8.53. The Morgan fingerprint density at radius 2 is 1.93 bits per heavy atom. The predicted octanol–water partition coefficient (Wildman–Crippen LogP) is 6.30. The maximum absolute atomic E-state index is 10.3. The fraction of sp³-hybridized carbons (Fsp3) is 0.348. The van der Waals surface area contributed by atoms with Gasteiger partial charge in [-0.1, -0.05) is 26.2 Å². The number of pyridine rings is 1. The molecule has 3 rings (SSSR count). The first kappa shape index (κ1) is 20.9. The number of hydrogen-bond acceptors (Lipinski definition) is 4. The van der Waals surface area contributed by atoms with Gasteiger partial charge in [-0.15, -0.1) is 0 Å². The van der Waals surface area contributed by atoms with Crippen molar-refractivity contribution in [1.82, 2.24) is 9.88 Å². The van der Waals surface area contributed by atoms with E-state index in [1.807, 2.05) is 24.4 Å². The average Bonchev–Trinajstić information content (AvgIpc) is 2.68. The van der Waals surface area contributed by atoms with Crippen LogP contribution in [-0.4, -0.2) is 28.6 Å². The Morgan fingerprint density at radius 1 is 1.07 bits per heavy atom. The Bertz CT molecular complexity index is 929. The first-order chi connectivity index (χ1) is 13.6. The quantitative estimate of drug-likeness (QED) is 0.210. The summed E-state index contributed by atoms with van der Waals surface area (Å²) in [5, 5.41) is 14.9. The van der Waals surface area contributed by atoms with E-state index in [1.54, 1.807) is 6.07 Å². The Labute approximate surface area is 181 Å². The molecule has 4 nitrogen and oxygen atoms in total. The highest BCUT2D eigenvalue weighted by Gasteiger charge is 2.08. The van der Waals surface area contributed by atoms with Crippen LogP contribution in [0.3, 0.4) is 0 Å².